The van der Waals surface area contributed by atoms with Crippen LogP contribution in [0.15, 0.2) is 0 Å². The summed E-state index contributed by atoms with van der Waals surface area (Å²) in [6, 6.07) is -0.488. The zero-order valence-electron chi connectivity index (χ0n) is 11.8. The second kappa shape index (κ2) is 6.90. The van der Waals surface area contributed by atoms with Crippen molar-refractivity contribution >= 4 is 12.0 Å². The van der Waals surface area contributed by atoms with Crippen molar-refractivity contribution in [3.63, 3.8) is 0 Å². The maximum Gasteiger partial charge on any atom is 0.326 e. The van der Waals surface area contributed by atoms with Crippen molar-refractivity contribution < 1.29 is 19.4 Å². The summed E-state index contributed by atoms with van der Waals surface area (Å²) >= 11 is 0. The van der Waals surface area contributed by atoms with Crippen LogP contribution in [0, 0.1) is 0 Å². The van der Waals surface area contributed by atoms with Crippen molar-refractivity contribution in [3.05, 3.63) is 0 Å². The lowest BCUT2D eigenvalue weighted by molar-refractivity contribution is -0.139. The van der Waals surface area contributed by atoms with E-state index in [0.29, 0.717) is 12.6 Å². The van der Waals surface area contributed by atoms with Crippen molar-refractivity contribution in [1.82, 2.24) is 15.5 Å². The predicted octanol–water partition coefficient (Wildman–Crippen LogP) is 0.0120. The highest BCUT2D eigenvalue weighted by Gasteiger charge is 2.35. The van der Waals surface area contributed by atoms with Gasteiger partial charge >= 0.3 is 12.0 Å². The van der Waals surface area contributed by atoms with Gasteiger partial charge in [0.25, 0.3) is 0 Å². The first-order chi connectivity index (χ1) is 9.60. The Morgan fingerprint density at radius 2 is 2.15 bits per heavy atom. The van der Waals surface area contributed by atoms with Crippen LogP contribution >= 0.6 is 0 Å². The van der Waals surface area contributed by atoms with Gasteiger partial charge in [-0.3, -0.25) is 4.90 Å². The van der Waals surface area contributed by atoms with E-state index in [4.69, 9.17) is 9.84 Å². The number of likely N-dealkylation sites (tertiary alicyclic amines) is 1. The van der Waals surface area contributed by atoms with Crippen molar-refractivity contribution in [3.8, 4) is 0 Å². The quantitative estimate of drug-likeness (QED) is 0.613. The Hall–Kier alpha value is -1.34. The molecule has 2 atom stereocenters. The molecule has 0 spiro atoms. The normalized spacial score (nSPS) is 24.4. The Morgan fingerprint density at radius 3 is 2.75 bits per heavy atom. The molecule has 0 bridgehead atoms. The number of aliphatic carboxylic acids is 1. The number of carboxylic acid groups (broad SMARTS) is 1. The summed E-state index contributed by atoms with van der Waals surface area (Å²) < 4.78 is 4.84. The second-order valence-electron chi connectivity index (χ2n) is 5.50. The lowest BCUT2D eigenvalue weighted by atomic mass is 10.2. The third-order valence-corrected chi connectivity index (χ3v) is 3.83. The van der Waals surface area contributed by atoms with Gasteiger partial charge in [0.15, 0.2) is 0 Å². The van der Waals surface area contributed by atoms with Crippen LogP contribution in [0.3, 0.4) is 0 Å². The number of ether oxygens (including phenoxy) is 1. The van der Waals surface area contributed by atoms with E-state index in [1.54, 1.807) is 0 Å². The zero-order valence-corrected chi connectivity index (χ0v) is 11.8. The van der Waals surface area contributed by atoms with Gasteiger partial charge in [0, 0.05) is 45.3 Å². The molecule has 2 aliphatic rings. The lowest BCUT2D eigenvalue weighted by Gasteiger charge is -2.18. The molecule has 1 aliphatic carbocycles. The minimum Gasteiger partial charge on any atom is -0.480 e. The van der Waals surface area contributed by atoms with Gasteiger partial charge in [-0.2, -0.15) is 0 Å². The number of methoxy groups -OCH3 is 1. The smallest absolute Gasteiger partial charge is 0.326 e. The summed E-state index contributed by atoms with van der Waals surface area (Å²) in [5.74, 6) is -1.04. The number of urea groups is 1. The van der Waals surface area contributed by atoms with Gasteiger partial charge in [0.2, 0.25) is 0 Å². The molecule has 1 saturated carbocycles. The number of nitrogens with one attached hydrogen (secondary N) is 2. The summed E-state index contributed by atoms with van der Waals surface area (Å²) in [4.78, 5) is 25.2. The van der Waals surface area contributed by atoms with Crippen LogP contribution in [-0.4, -0.2) is 66.9 Å². The van der Waals surface area contributed by atoms with E-state index in [0.717, 1.165) is 19.5 Å². The Kier molecular flexibility index (Phi) is 5.19. The Bertz CT molecular complexity index is 360. The van der Waals surface area contributed by atoms with Gasteiger partial charge in [-0.05, 0) is 19.3 Å². The molecule has 7 heteroatoms. The number of amides is 2. The highest BCUT2D eigenvalue weighted by Crippen LogP contribution is 2.29. The molecule has 7 nitrogen and oxygen atoms in total. The maximum atomic E-state index is 11.8. The topological polar surface area (TPSA) is 90.9 Å². The molecular weight excluding hydrogens is 262 g/mol. The first kappa shape index (κ1) is 15.1. The maximum absolute atomic E-state index is 11.8. The standard InChI is InChI=1S/C13H23N3O4/c1-20-7-5-11(12(17)18)15-13(19)14-9-4-6-16(8-9)10-2-3-10/h9-11H,2-8H2,1H3,(H,17,18)(H2,14,15,19). The molecule has 1 aliphatic heterocycles. The van der Waals surface area contributed by atoms with Crippen LogP contribution in [0.1, 0.15) is 25.7 Å². The van der Waals surface area contributed by atoms with Gasteiger partial charge in [-0.1, -0.05) is 0 Å². The molecule has 0 aromatic carbocycles. The molecule has 0 aromatic rings. The molecular formula is C13H23N3O4. The molecule has 2 unspecified atom stereocenters. The number of carbonyl (C=O) groups is 2. The molecule has 2 fully saturated rings. The van der Waals surface area contributed by atoms with E-state index in [9.17, 15) is 9.59 Å². The lowest BCUT2D eigenvalue weighted by Crippen LogP contribution is -2.50. The Labute approximate surface area is 118 Å². The largest absolute Gasteiger partial charge is 0.480 e. The van der Waals surface area contributed by atoms with Crippen LogP contribution < -0.4 is 10.6 Å². The average Bonchev–Trinajstić information content (AvgIpc) is 3.15. The first-order valence-corrected chi connectivity index (χ1v) is 7.13. The molecule has 20 heavy (non-hydrogen) atoms. The van der Waals surface area contributed by atoms with Crippen molar-refractivity contribution in [1.29, 1.82) is 0 Å². The first-order valence-electron chi connectivity index (χ1n) is 7.13. The Balaban J connectivity index is 1.71. The van der Waals surface area contributed by atoms with E-state index < -0.39 is 18.0 Å². The summed E-state index contributed by atoms with van der Waals surface area (Å²) in [5.41, 5.74) is 0. The second-order valence-corrected chi connectivity index (χ2v) is 5.50. The van der Waals surface area contributed by atoms with Crippen LogP contribution in [0.25, 0.3) is 0 Å². The van der Waals surface area contributed by atoms with Gasteiger partial charge in [-0.25, -0.2) is 9.59 Å². The number of carbonyl (C=O) groups excluding carboxylic acids is 1. The van der Waals surface area contributed by atoms with Gasteiger partial charge in [0.1, 0.15) is 6.04 Å². The van der Waals surface area contributed by atoms with Gasteiger partial charge < -0.3 is 20.5 Å². The van der Waals surface area contributed by atoms with Gasteiger partial charge in [0.05, 0.1) is 0 Å². The minimum absolute atomic E-state index is 0.118. The van der Waals surface area contributed by atoms with E-state index in [1.165, 1.54) is 20.0 Å². The minimum atomic E-state index is -1.04. The van der Waals surface area contributed by atoms with Crippen molar-refractivity contribution in [2.45, 2.75) is 43.8 Å². The van der Waals surface area contributed by atoms with E-state index in [2.05, 4.69) is 15.5 Å². The molecule has 114 valence electrons. The molecule has 3 N–H and O–H groups in total. The van der Waals surface area contributed by atoms with E-state index >= 15 is 0 Å². The van der Waals surface area contributed by atoms with Gasteiger partial charge in [-0.15, -0.1) is 0 Å². The number of rotatable bonds is 7. The van der Waals surface area contributed by atoms with Crippen LogP contribution in [0.4, 0.5) is 4.79 Å². The number of hydrogen-bond donors (Lipinski definition) is 3. The van der Waals surface area contributed by atoms with Crippen molar-refractivity contribution in [2.24, 2.45) is 0 Å². The van der Waals surface area contributed by atoms with E-state index in [-0.39, 0.29) is 12.5 Å². The molecule has 0 aromatic heterocycles. The fourth-order valence-corrected chi connectivity index (χ4v) is 2.55. The monoisotopic (exact) mass is 285 g/mol. The van der Waals surface area contributed by atoms with Crippen LogP contribution in [0.2, 0.25) is 0 Å². The van der Waals surface area contributed by atoms with Crippen LogP contribution in [-0.2, 0) is 9.53 Å². The molecule has 1 saturated heterocycles. The summed E-state index contributed by atoms with van der Waals surface area (Å²) in [6.45, 7) is 2.19. The summed E-state index contributed by atoms with van der Waals surface area (Å²) in [5, 5.41) is 14.4. The number of nitrogens with zero attached hydrogens (tertiary/aromatic N) is 1. The van der Waals surface area contributed by atoms with E-state index in [1.807, 2.05) is 0 Å². The molecule has 0 radical (unpaired) electrons. The number of carboxylic acids is 1. The summed E-state index contributed by atoms with van der Waals surface area (Å²) in [7, 11) is 1.50. The third kappa shape index (κ3) is 4.35. The fraction of sp³-hybridized carbons (Fsp3) is 0.846. The zero-order chi connectivity index (χ0) is 14.5. The third-order valence-electron chi connectivity index (χ3n) is 3.83. The van der Waals surface area contributed by atoms with Crippen LogP contribution in [0.5, 0.6) is 0 Å². The van der Waals surface area contributed by atoms with Crippen molar-refractivity contribution in [2.75, 3.05) is 26.8 Å². The molecule has 1 heterocycles. The predicted molar refractivity (Wildman–Crippen MR) is 72.6 cm³/mol. The molecule has 2 rings (SSSR count). The fourth-order valence-electron chi connectivity index (χ4n) is 2.55. The Morgan fingerprint density at radius 1 is 1.40 bits per heavy atom. The highest BCUT2D eigenvalue weighted by atomic mass is 16.5. The summed E-state index contributed by atoms with van der Waals surface area (Å²) in [6.07, 6.45) is 3.71. The SMILES string of the molecule is COCCC(NC(=O)NC1CCN(C2CC2)C1)C(=O)O. The molecule has 2 amide bonds. The average molecular weight is 285 g/mol. The highest BCUT2D eigenvalue weighted by molar-refractivity contribution is 5.82. The number of hydrogen-bond acceptors (Lipinski definition) is 4.